The zero-order chi connectivity index (χ0) is 24.5. The van der Waals surface area contributed by atoms with Gasteiger partial charge >= 0.3 is 0 Å². The molecule has 170 valence electrons. The number of benzene rings is 4. The molecule has 36 heavy (non-hydrogen) atoms. The Morgan fingerprint density at radius 2 is 0.722 bits per heavy atom. The highest BCUT2D eigenvalue weighted by Gasteiger charge is 2.25. The molecule has 0 unspecified atom stereocenters. The van der Waals surface area contributed by atoms with E-state index >= 15 is 0 Å². The van der Waals surface area contributed by atoms with Crippen LogP contribution in [0.1, 0.15) is 43.0 Å². The van der Waals surface area contributed by atoms with Crippen molar-refractivity contribution < 1.29 is 9.59 Å². The lowest BCUT2D eigenvalue weighted by Gasteiger charge is -2.20. The molecule has 0 saturated heterocycles. The molecule has 0 amide bonds. The van der Waals surface area contributed by atoms with Crippen molar-refractivity contribution in [2.24, 2.45) is 0 Å². The summed E-state index contributed by atoms with van der Waals surface area (Å²) in [6, 6.07) is 35.0. The number of carbonyl (C=O) groups is 2. The predicted octanol–water partition coefficient (Wildman–Crippen LogP) is 7.71. The molecule has 2 aliphatic rings. The Morgan fingerprint density at radius 1 is 0.389 bits per heavy atom. The molecule has 0 N–H and O–H groups in total. The number of hydrogen-bond acceptors (Lipinski definition) is 2. The minimum Gasteiger partial charge on any atom is -0.289 e. The van der Waals surface area contributed by atoms with E-state index in [0.29, 0.717) is 22.3 Å². The van der Waals surface area contributed by atoms with Gasteiger partial charge in [-0.3, -0.25) is 9.59 Å². The fourth-order valence-corrected chi connectivity index (χ4v) is 4.87. The molecule has 0 aromatic heterocycles. The topological polar surface area (TPSA) is 34.1 Å². The maximum Gasteiger partial charge on any atom is 0.194 e. The van der Waals surface area contributed by atoms with Crippen molar-refractivity contribution in [3.63, 3.8) is 0 Å². The second-order valence-electron chi connectivity index (χ2n) is 8.84. The first-order valence-corrected chi connectivity index (χ1v) is 11.9. The summed E-state index contributed by atoms with van der Waals surface area (Å²) in [5.74, 6) is 0.0583. The predicted molar refractivity (Wildman–Crippen MR) is 146 cm³/mol. The van der Waals surface area contributed by atoms with Gasteiger partial charge in [0.25, 0.3) is 0 Å². The van der Waals surface area contributed by atoms with E-state index in [-0.39, 0.29) is 11.6 Å². The Balaban J connectivity index is 1.52. The Kier molecular flexibility index (Phi) is 5.48. The van der Waals surface area contributed by atoms with E-state index < -0.39 is 0 Å². The van der Waals surface area contributed by atoms with Crippen LogP contribution in [0, 0.1) is 0 Å². The molecule has 0 saturated carbocycles. The molecule has 0 aliphatic heterocycles. The van der Waals surface area contributed by atoms with Crippen LogP contribution < -0.4 is 0 Å². The highest BCUT2D eigenvalue weighted by Crippen LogP contribution is 2.36. The second-order valence-corrected chi connectivity index (χ2v) is 8.84. The van der Waals surface area contributed by atoms with E-state index in [9.17, 15) is 9.59 Å². The lowest BCUT2D eigenvalue weighted by molar-refractivity contribution is 0.104. The SMILES string of the molecule is O=C1C(c2ccccc2)=CC(=CC=C2C=C(c3ccccc3)C(=O)c3ccccc32)c2ccccc21. The molecule has 2 heteroatoms. The maximum absolute atomic E-state index is 13.3. The largest absolute Gasteiger partial charge is 0.289 e. The monoisotopic (exact) mass is 462 g/mol. The van der Waals surface area contributed by atoms with Crippen LogP contribution in [0.15, 0.2) is 133 Å². The van der Waals surface area contributed by atoms with Crippen LogP contribution in [-0.4, -0.2) is 11.6 Å². The summed E-state index contributed by atoms with van der Waals surface area (Å²) < 4.78 is 0. The van der Waals surface area contributed by atoms with Gasteiger partial charge < -0.3 is 0 Å². The molecular formula is C34H22O2. The molecule has 2 aliphatic carbocycles. The van der Waals surface area contributed by atoms with Gasteiger partial charge in [0.1, 0.15) is 0 Å². The lowest BCUT2D eigenvalue weighted by Crippen LogP contribution is -2.11. The Labute approximate surface area is 210 Å². The summed E-state index contributed by atoms with van der Waals surface area (Å²) in [5, 5.41) is 0. The van der Waals surface area contributed by atoms with Crippen molar-refractivity contribution >= 4 is 33.9 Å². The van der Waals surface area contributed by atoms with Crippen molar-refractivity contribution in [2.45, 2.75) is 0 Å². The molecule has 0 radical (unpaired) electrons. The third-order valence-corrected chi connectivity index (χ3v) is 6.67. The zero-order valence-corrected chi connectivity index (χ0v) is 19.5. The van der Waals surface area contributed by atoms with Gasteiger partial charge in [-0.1, -0.05) is 121 Å². The number of fused-ring (bicyclic) bond motifs is 2. The molecule has 0 spiro atoms. The zero-order valence-electron chi connectivity index (χ0n) is 19.5. The quantitative estimate of drug-likeness (QED) is 0.312. The van der Waals surface area contributed by atoms with Crippen LogP contribution in [0.5, 0.6) is 0 Å². The molecule has 2 nitrogen and oxygen atoms in total. The minimum atomic E-state index is 0.0291. The Hall–Kier alpha value is -4.82. The summed E-state index contributed by atoms with van der Waals surface area (Å²) in [7, 11) is 0. The number of rotatable bonds is 3. The number of hydrogen-bond donors (Lipinski definition) is 0. The van der Waals surface area contributed by atoms with Crippen molar-refractivity contribution in [3.05, 3.63) is 167 Å². The van der Waals surface area contributed by atoms with Gasteiger partial charge in [0, 0.05) is 22.3 Å². The van der Waals surface area contributed by atoms with Crippen molar-refractivity contribution in [3.8, 4) is 0 Å². The first-order valence-electron chi connectivity index (χ1n) is 11.9. The van der Waals surface area contributed by atoms with Crippen LogP contribution in [0.2, 0.25) is 0 Å². The standard InChI is InChI=1S/C34H22O2/c35-33-29-17-9-7-15-27(29)25(21-31(33)23-11-3-1-4-12-23)19-20-26-22-32(24-13-5-2-6-14-24)34(36)30-18-10-8-16-28(26)30/h1-22H. The number of allylic oxidation sites excluding steroid dienone is 8. The maximum atomic E-state index is 13.3. The third-order valence-electron chi connectivity index (χ3n) is 6.67. The van der Waals surface area contributed by atoms with Gasteiger partial charge in [0.05, 0.1) is 0 Å². The van der Waals surface area contributed by atoms with E-state index in [1.165, 1.54) is 0 Å². The second kappa shape index (κ2) is 9.09. The van der Waals surface area contributed by atoms with Crippen LogP contribution in [0.4, 0.5) is 0 Å². The minimum absolute atomic E-state index is 0.0291. The number of ketones is 2. The summed E-state index contributed by atoms with van der Waals surface area (Å²) in [4.78, 5) is 26.6. The molecule has 4 aromatic rings. The highest BCUT2D eigenvalue weighted by molar-refractivity contribution is 6.35. The van der Waals surface area contributed by atoms with E-state index in [0.717, 1.165) is 33.4 Å². The van der Waals surface area contributed by atoms with E-state index in [1.807, 2.05) is 121 Å². The summed E-state index contributed by atoms with van der Waals surface area (Å²) >= 11 is 0. The van der Waals surface area contributed by atoms with E-state index in [2.05, 4.69) is 12.2 Å². The molecule has 0 bridgehead atoms. The van der Waals surface area contributed by atoms with Crippen LogP contribution in [0.3, 0.4) is 0 Å². The van der Waals surface area contributed by atoms with Gasteiger partial charge in [0.15, 0.2) is 11.6 Å². The average Bonchev–Trinajstić information content (AvgIpc) is 2.95. The van der Waals surface area contributed by atoms with E-state index in [4.69, 9.17) is 0 Å². The molecule has 6 rings (SSSR count). The van der Waals surface area contributed by atoms with Gasteiger partial charge in [-0.2, -0.15) is 0 Å². The molecular weight excluding hydrogens is 440 g/mol. The van der Waals surface area contributed by atoms with Gasteiger partial charge in [-0.05, 0) is 45.6 Å². The molecule has 0 atom stereocenters. The van der Waals surface area contributed by atoms with Gasteiger partial charge in [-0.15, -0.1) is 0 Å². The van der Waals surface area contributed by atoms with Crippen LogP contribution in [0.25, 0.3) is 22.3 Å². The first-order chi connectivity index (χ1) is 17.7. The van der Waals surface area contributed by atoms with Crippen molar-refractivity contribution in [1.29, 1.82) is 0 Å². The summed E-state index contributed by atoms with van der Waals surface area (Å²) in [6.45, 7) is 0. The summed E-state index contributed by atoms with van der Waals surface area (Å²) in [6.07, 6.45) is 8.04. The van der Waals surface area contributed by atoms with Crippen molar-refractivity contribution in [2.75, 3.05) is 0 Å². The normalized spacial score (nSPS) is 16.9. The number of Topliss-reactive ketones (excluding diaryl/α,β-unsaturated/α-hetero) is 2. The average molecular weight is 463 g/mol. The highest BCUT2D eigenvalue weighted by atomic mass is 16.1. The van der Waals surface area contributed by atoms with Gasteiger partial charge in [-0.25, -0.2) is 0 Å². The summed E-state index contributed by atoms with van der Waals surface area (Å²) in [5.41, 5.74) is 8.29. The lowest BCUT2D eigenvalue weighted by atomic mass is 9.82. The number of carbonyl (C=O) groups excluding carboxylic acids is 2. The Morgan fingerprint density at radius 3 is 1.11 bits per heavy atom. The third kappa shape index (κ3) is 3.79. The smallest absolute Gasteiger partial charge is 0.194 e. The molecule has 0 fully saturated rings. The fourth-order valence-electron chi connectivity index (χ4n) is 4.87. The fraction of sp³-hybridized carbons (Fsp3) is 0. The first kappa shape index (κ1) is 21.7. The Bertz CT molecular complexity index is 1510. The molecule has 0 heterocycles. The van der Waals surface area contributed by atoms with Crippen LogP contribution >= 0.6 is 0 Å². The van der Waals surface area contributed by atoms with Gasteiger partial charge in [0.2, 0.25) is 0 Å². The van der Waals surface area contributed by atoms with E-state index in [1.54, 1.807) is 0 Å². The van der Waals surface area contributed by atoms with Crippen molar-refractivity contribution in [1.82, 2.24) is 0 Å². The van der Waals surface area contributed by atoms with Crippen LogP contribution in [-0.2, 0) is 0 Å². The molecule has 4 aromatic carbocycles.